The highest BCUT2D eigenvalue weighted by atomic mass is 19.3. The van der Waals surface area contributed by atoms with Gasteiger partial charge in [0, 0.05) is 104 Å². The van der Waals surface area contributed by atoms with E-state index < -0.39 is 41.8 Å². The molecule has 3 amide bonds. The molecular formula is C65H86F2N10O6. The van der Waals surface area contributed by atoms with Crippen molar-refractivity contribution in [1.82, 2.24) is 45.3 Å². The smallest absolute Gasteiger partial charge is 0.324 e. The molecule has 6 bridgehead atoms. The molecule has 7 aliphatic heterocycles. The number of cyclic esters (lactones) is 1. The molecule has 8 fully saturated rings. The van der Waals surface area contributed by atoms with Gasteiger partial charge in [-0.2, -0.15) is 0 Å². The van der Waals surface area contributed by atoms with Gasteiger partial charge in [-0.15, -0.1) is 0 Å². The number of nitrogens with one attached hydrogen (secondary N) is 3. The van der Waals surface area contributed by atoms with Crippen LogP contribution in [0.1, 0.15) is 134 Å². The van der Waals surface area contributed by atoms with E-state index >= 15 is 18.4 Å². The van der Waals surface area contributed by atoms with Crippen molar-refractivity contribution < 1.29 is 37.4 Å². The fraction of sp³-hybridized carbons (Fsp3) is 0.646. The van der Waals surface area contributed by atoms with Crippen molar-refractivity contribution in [2.45, 2.75) is 167 Å². The van der Waals surface area contributed by atoms with Crippen LogP contribution in [-0.2, 0) is 48.0 Å². The van der Waals surface area contributed by atoms with E-state index in [1.165, 1.54) is 23.9 Å². The van der Waals surface area contributed by atoms with Crippen LogP contribution in [0.3, 0.4) is 0 Å². The first-order valence-corrected chi connectivity index (χ1v) is 31.5. The molecule has 83 heavy (non-hydrogen) atoms. The highest BCUT2D eigenvalue weighted by molar-refractivity contribution is 5.96. The summed E-state index contributed by atoms with van der Waals surface area (Å²) in [6, 6.07) is 11.6. The van der Waals surface area contributed by atoms with Crippen LogP contribution in [0.4, 0.5) is 14.5 Å². The molecule has 3 N–H and O–H groups in total. The Bertz CT molecular complexity index is 3140. The number of carbonyl (C=O) groups excluding carboxylic acids is 4. The number of nitrogens with zero attached hydrogens (tertiary/aromatic N) is 7. The highest BCUT2D eigenvalue weighted by Crippen LogP contribution is 2.47. The minimum Gasteiger partial charge on any atom is -0.464 e. The zero-order chi connectivity index (χ0) is 57.5. The van der Waals surface area contributed by atoms with E-state index in [0.29, 0.717) is 81.2 Å². The van der Waals surface area contributed by atoms with E-state index in [1.54, 1.807) is 6.07 Å². The minimum atomic E-state index is -2.81. The van der Waals surface area contributed by atoms with Gasteiger partial charge in [0.25, 0.3) is 12.3 Å². The number of likely N-dealkylation sites (tertiary alicyclic amines) is 2. The molecule has 0 radical (unpaired) electrons. The number of benzene rings is 2. The second kappa shape index (κ2) is 22.7. The van der Waals surface area contributed by atoms with Gasteiger partial charge in [0.15, 0.2) is 0 Å². The molecule has 2 aromatic carbocycles. The Morgan fingerprint density at radius 3 is 2.51 bits per heavy atom. The summed E-state index contributed by atoms with van der Waals surface area (Å²) in [4.78, 5) is 73.2. The molecule has 13 rings (SSSR count). The van der Waals surface area contributed by atoms with Gasteiger partial charge in [0.05, 0.1) is 55.2 Å². The minimum absolute atomic E-state index is 0.0525. The number of aromatic nitrogens is 2. The molecule has 2 saturated carbocycles. The number of pyridine rings is 1. The number of carbonyl (C=O) groups is 4. The molecule has 4 aromatic rings. The highest BCUT2D eigenvalue weighted by Gasteiger charge is 2.55. The number of anilines is 1. The van der Waals surface area contributed by atoms with Gasteiger partial charge in [-0.25, -0.2) is 14.2 Å². The summed E-state index contributed by atoms with van der Waals surface area (Å²) < 4.78 is 45.4. The Hall–Kier alpha value is -5.53. The normalized spacial score (nSPS) is 28.5. The number of ether oxygens (including phenoxy) is 2. The zero-order valence-corrected chi connectivity index (χ0v) is 49.4. The summed E-state index contributed by atoms with van der Waals surface area (Å²) in [5.41, 5.74) is 10.4. The van der Waals surface area contributed by atoms with E-state index in [4.69, 9.17) is 14.5 Å². The number of hydrogen-bond acceptors (Lipinski definition) is 12. The van der Waals surface area contributed by atoms with Gasteiger partial charge in [-0.3, -0.25) is 44.3 Å². The fourth-order valence-electron chi connectivity index (χ4n) is 15.8. The summed E-state index contributed by atoms with van der Waals surface area (Å²) in [6.45, 7) is 19.6. The lowest BCUT2D eigenvalue weighted by Gasteiger charge is -2.44. The SMILES string of the molecule is CCn1c(-c2cc(N3CCN4CCOC[C@@H]4C3)cnc2C(C)C)c2c3cc(ccc31)-c1cc(cc(C(F)F)c1)C[C@H](NC(=O)[C@H](C1CCCC1)N1CC[C@]3(CCN(C(=O)[C@@H]4N[C@@H]4C4CC4)C3)C1)C(=O)N1CCC[C@H](N1)C(=O)OCC(C)(C)C2. The lowest BCUT2D eigenvalue weighted by atomic mass is 9.83. The quantitative estimate of drug-likeness (QED) is 0.0985. The third-order valence-corrected chi connectivity index (χ3v) is 20.4. The second-order valence-electron chi connectivity index (χ2n) is 27.3. The number of halogens is 2. The average molecular weight is 1140 g/mol. The standard InChI is InChI=1S/C65H86F2N10O6/c1-6-76-53-16-15-43-30-48(53)50(58(76)49-31-46(33-68-54(49)39(2)3)73-23-22-72-24-25-82-35-47(72)34-73)32-64(4,5)38-83-63(81)51-12-9-19-77(71-51)61(79)52(28-40-26-44(43)29-45(27-40)59(66)67)69-60(78)57(42-10-7-8-11-42)74-20-17-65(36-74)18-21-75(37-65)62(80)56-55(70-56)41-13-14-41/h15-16,26-27,29-31,33,39,41-42,47,51-52,55-57,59,70-71H,6-14,17-25,28,32,34-38H2,1-5H3,(H,69,78)/t47-,51-,52-,55+,56+,57-,65-/m0/s1. The first-order chi connectivity index (χ1) is 40.0. The summed E-state index contributed by atoms with van der Waals surface area (Å²) in [6.07, 6.45) is 8.61. The van der Waals surface area contributed by atoms with Crippen LogP contribution in [0.2, 0.25) is 0 Å². The predicted octanol–water partition coefficient (Wildman–Crippen LogP) is 7.85. The Morgan fingerprint density at radius 2 is 1.72 bits per heavy atom. The molecule has 6 saturated heterocycles. The number of esters is 1. The van der Waals surface area contributed by atoms with Crippen molar-refractivity contribution in [3.63, 3.8) is 0 Å². The third-order valence-electron chi connectivity index (χ3n) is 20.4. The maximum absolute atomic E-state index is 15.4. The van der Waals surface area contributed by atoms with Crippen molar-refractivity contribution in [1.29, 1.82) is 0 Å². The Balaban J connectivity index is 0.861. The fourth-order valence-corrected chi connectivity index (χ4v) is 15.8. The first kappa shape index (κ1) is 56.6. The van der Waals surface area contributed by atoms with Crippen molar-refractivity contribution in [3.8, 4) is 22.4 Å². The molecule has 1 spiro atoms. The maximum atomic E-state index is 15.4. The van der Waals surface area contributed by atoms with E-state index in [0.717, 1.165) is 123 Å². The van der Waals surface area contributed by atoms with Crippen LogP contribution in [0.5, 0.6) is 0 Å². The first-order valence-electron chi connectivity index (χ1n) is 31.5. The van der Waals surface area contributed by atoms with Gasteiger partial charge < -0.3 is 29.2 Å². The largest absolute Gasteiger partial charge is 0.464 e. The number of alkyl halides is 2. The van der Waals surface area contributed by atoms with Crippen molar-refractivity contribution in [2.75, 3.05) is 83.6 Å². The van der Waals surface area contributed by atoms with Crippen molar-refractivity contribution in [3.05, 3.63) is 71.0 Å². The zero-order valence-electron chi connectivity index (χ0n) is 49.4. The van der Waals surface area contributed by atoms with Gasteiger partial charge in [-0.1, -0.05) is 58.7 Å². The molecule has 9 heterocycles. The van der Waals surface area contributed by atoms with E-state index in [9.17, 15) is 9.59 Å². The van der Waals surface area contributed by atoms with E-state index in [1.807, 2.05) is 18.3 Å². The number of piperazine rings is 1. The number of hydrazine groups is 1. The topological polar surface area (TPSA) is 167 Å². The number of amides is 3. The maximum Gasteiger partial charge on any atom is 0.324 e. The average Bonchev–Trinajstić information content (AvgIpc) is 3.89. The third kappa shape index (κ3) is 11.3. The number of fused-ring (bicyclic) bond motifs is 7. The molecule has 446 valence electrons. The molecule has 2 aromatic heterocycles. The van der Waals surface area contributed by atoms with Gasteiger partial charge >= 0.3 is 5.97 Å². The monoisotopic (exact) mass is 1140 g/mol. The van der Waals surface area contributed by atoms with Crippen LogP contribution >= 0.6 is 0 Å². The number of hydrogen-bond donors (Lipinski definition) is 3. The second-order valence-corrected chi connectivity index (χ2v) is 27.3. The summed E-state index contributed by atoms with van der Waals surface area (Å²) in [5, 5.41) is 9.15. The Morgan fingerprint density at radius 1 is 0.904 bits per heavy atom. The van der Waals surface area contributed by atoms with Crippen LogP contribution in [0, 0.1) is 22.7 Å². The lowest BCUT2D eigenvalue weighted by molar-refractivity contribution is -0.155. The summed E-state index contributed by atoms with van der Waals surface area (Å²) in [5.74, 6) is -0.132. The molecule has 18 heteroatoms. The van der Waals surface area contributed by atoms with Gasteiger partial charge in [0.2, 0.25) is 11.8 Å². The van der Waals surface area contributed by atoms with Crippen LogP contribution in [-0.4, -0.2) is 168 Å². The van der Waals surface area contributed by atoms with Crippen molar-refractivity contribution >= 4 is 40.3 Å². The molecular weight excluding hydrogens is 1050 g/mol. The molecule has 16 nitrogen and oxygen atoms in total. The number of morpholine rings is 1. The van der Waals surface area contributed by atoms with E-state index in [-0.39, 0.29) is 60.2 Å². The van der Waals surface area contributed by atoms with E-state index in [2.05, 4.69) is 93.0 Å². The number of rotatable bonds is 11. The summed E-state index contributed by atoms with van der Waals surface area (Å²) >= 11 is 0. The molecule has 9 aliphatic rings. The van der Waals surface area contributed by atoms with Gasteiger partial charge in [-0.05, 0) is 136 Å². The lowest BCUT2D eigenvalue weighted by Crippen LogP contribution is -2.62. The Labute approximate surface area is 487 Å². The predicted molar refractivity (Wildman–Crippen MR) is 315 cm³/mol. The molecule has 7 atom stereocenters. The summed E-state index contributed by atoms with van der Waals surface area (Å²) in [7, 11) is 0. The van der Waals surface area contributed by atoms with Crippen LogP contribution in [0.15, 0.2) is 48.7 Å². The van der Waals surface area contributed by atoms with Crippen LogP contribution < -0.4 is 21.0 Å². The number of aryl methyl sites for hydroxylation is 1. The molecule has 2 aliphatic carbocycles. The van der Waals surface area contributed by atoms with Crippen molar-refractivity contribution in [2.24, 2.45) is 22.7 Å². The molecule has 0 unspecified atom stereocenters. The van der Waals surface area contributed by atoms with Crippen LogP contribution in [0.25, 0.3) is 33.3 Å². The van der Waals surface area contributed by atoms with Gasteiger partial charge in [0.1, 0.15) is 18.1 Å². The Kier molecular flexibility index (Phi) is 15.5.